The molecule has 0 aliphatic carbocycles. The van der Waals surface area contributed by atoms with Crippen LogP contribution in [0.1, 0.15) is 23.7 Å². The maximum atomic E-state index is 13.0. The summed E-state index contributed by atoms with van der Waals surface area (Å²) >= 11 is 0. The standard InChI is InChI=1S/C21H23N5O4/c1-2-30-20(29)15-4-6-16(7-5-15)26-18(27)14-17(19(26)28)24-10-12-25(13-11-24)21-22-8-3-9-23-21/h3-9,17H,2,10-14H2,1H3/p+1/t17-/m1/s1. The fourth-order valence-electron chi connectivity index (χ4n) is 3.98. The second-order valence-corrected chi connectivity index (χ2v) is 7.29. The van der Waals surface area contributed by atoms with Crippen molar-refractivity contribution < 1.29 is 24.0 Å². The minimum atomic E-state index is -0.425. The number of benzene rings is 1. The van der Waals surface area contributed by atoms with Crippen LogP contribution in [0.2, 0.25) is 0 Å². The van der Waals surface area contributed by atoms with Gasteiger partial charge in [-0.1, -0.05) is 0 Å². The van der Waals surface area contributed by atoms with Gasteiger partial charge in [-0.05, 0) is 37.3 Å². The third-order valence-corrected chi connectivity index (χ3v) is 5.52. The van der Waals surface area contributed by atoms with Gasteiger partial charge in [-0.2, -0.15) is 0 Å². The summed E-state index contributed by atoms with van der Waals surface area (Å²) in [5.41, 5.74) is 0.873. The summed E-state index contributed by atoms with van der Waals surface area (Å²) in [6.07, 6.45) is 3.62. The van der Waals surface area contributed by atoms with Crippen molar-refractivity contribution in [3.63, 3.8) is 0 Å². The Hall–Kier alpha value is -3.33. The van der Waals surface area contributed by atoms with E-state index >= 15 is 0 Å². The molecule has 1 aromatic heterocycles. The number of ether oxygens (including phenoxy) is 1. The van der Waals surface area contributed by atoms with E-state index in [0.29, 0.717) is 17.2 Å². The van der Waals surface area contributed by atoms with Crippen molar-refractivity contribution in [3.05, 3.63) is 48.3 Å². The summed E-state index contributed by atoms with van der Waals surface area (Å²) in [5.74, 6) is -0.141. The van der Waals surface area contributed by atoms with Crippen LogP contribution in [0.4, 0.5) is 11.6 Å². The zero-order valence-corrected chi connectivity index (χ0v) is 16.8. The summed E-state index contributed by atoms with van der Waals surface area (Å²) in [6.45, 7) is 4.95. The molecule has 9 nitrogen and oxygen atoms in total. The molecule has 0 unspecified atom stereocenters. The number of hydrogen-bond donors (Lipinski definition) is 1. The van der Waals surface area contributed by atoms with E-state index < -0.39 is 5.97 Å². The second kappa shape index (κ2) is 8.58. The number of anilines is 2. The first kappa shape index (κ1) is 20.0. The van der Waals surface area contributed by atoms with Crippen molar-refractivity contribution in [2.45, 2.75) is 19.4 Å². The molecule has 2 aromatic rings. The lowest BCUT2D eigenvalue weighted by atomic mass is 10.1. The molecule has 156 valence electrons. The van der Waals surface area contributed by atoms with Crippen molar-refractivity contribution in [2.75, 3.05) is 42.6 Å². The minimum Gasteiger partial charge on any atom is -0.462 e. The fourth-order valence-corrected chi connectivity index (χ4v) is 3.98. The lowest BCUT2D eigenvalue weighted by Crippen LogP contribution is -3.19. The van der Waals surface area contributed by atoms with Gasteiger partial charge in [-0.15, -0.1) is 0 Å². The number of piperazine rings is 1. The minimum absolute atomic E-state index is 0.190. The average molecular weight is 410 g/mol. The van der Waals surface area contributed by atoms with Crippen molar-refractivity contribution in [1.82, 2.24) is 9.97 Å². The fraction of sp³-hybridized carbons (Fsp3) is 0.381. The van der Waals surface area contributed by atoms with Gasteiger partial charge in [0.15, 0.2) is 6.04 Å². The first-order valence-electron chi connectivity index (χ1n) is 10.1. The summed E-state index contributed by atoms with van der Waals surface area (Å²) in [6, 6.07) is 7.77. The van der Waals surface area contributed by atoms with Crippen LogP contribution in [-0.4, -0.2) is 66.6 Å². The van der Waals surface area contributed by atoms with Crippen molar-refractivity contribution >= 4 is 29.4 Å². The predicted octanol–water partition coefficient (Wildman–Crippen LogP) is -0.310. The van der Waals surface area contributed by atoms with E-state index in [2.05, 4.69) is 14.9 Å². The molecule has 2 aliphatic rings. The number of esters is 1. The highest BCUT2D eigenvalue weighted by Gasteiger charge is 2.46. The Bertz CT molecular complexity index is 926. The maximum Gasteiger partial charge on any atom is 0.338 e. The molecule has 2 aliphatic heterocycles. The Morgan fingerprint density at radius 3 is 2.43 bits per heavy atom. The molecule has 0 saturated carbocycles. The molecule has 2 amide bonds. The van der Waals surface area contributed by atoms with Crippen LogP contribution >= 0.6 is 0 Å². The Morgan fingerprint density at radius 2 is 1.80 bits per heavy atom. The van der Waals surface area contributed by atoms with Crippen LogP contribution in [0.5, 0.6) is 0 Å². The smallest absolute Gasteiger partial charge is 0.338 e. The maximum absolute atomic E-state index is 13.0. The van der Waals surface area contributed by atoms with Crippen LogP contribution in [0, 0.1) is 0 Å². The van der Waals surface area contributed by atoms with Crippen LogP contribution in [0.15, 0.2) is 42.7 Å². The molecule has 0 spiro atoms. The van der Waals surface area contributed by atoms with Gasteiger partial charge in [0.05, 0.1) is 50.5 Å². The van der Waals surface area contributed by atoms with Crippen LogP contribution in [0.25, 0.3) is 0 Å². The number of nitrogens with one attached hydrogen (secondary N) is 1. The average Bonchev–Trinajstić information content (AvgIpc) is 3.08. The summed E-state index contributed by atoms with van der Waals surface area (Å²) in [5, 5.41) is 0. The predicted molar refractivity (Wildman–Crippen MR) is 108 cm³/mol. The molecular formula is C21H24N5O4+. The van der Waals surface area contributed by atoms with Gasteiger partial charge in [-0.25, -0.2) is 19.7 Å². The molecule has 9 heteroatoms. The molecule has 3 heterocycles. The molecule has 4 rings (SSSR count). The highest BCUT2D eigenvalue weighted by Crippen LogP contribution is 2.23. The third kappa shape index (κ3) is 3.88. The largest absolute Gasteiger partial charge is 0.462 e. The molecule has 2 fully saturated rings. The Kier molecular flexibility index (Phi) is 5.71. The first-order chi connectivity index (χ1) is 14.6. The van der Waals surface area contributed by atoms with E-state index in [-0.39, 0.29) is 30.9 Å². The van der Waals surface area contributed by atoms with Gasteiger partial charge in [0.1, 0.15) is 0 Å². The summed E-state index contributed by atoms with van der Waals surface area (Å²) in [4.78, 5) is 50.5. The number of carbonyl (C=O) groups is 3. The van der Waals surface area contributed by atoms with Gasteiger partial charge in [0.2, 0.25) is 11.9 Å². The number of nitrogens with zero attached hydrogens (tertiary/aromatic N) is 4. The van der Waals surface area contributed by atoms with Gasteiger partial charge < -0.3 is 14.5 Å². The van der Waals surface area contributed by atoms with Crippen molar-refractivity contribution in [3.8, 4) is 0 Å². The number of amides is 2. The van der Waals surface area contributed by atoms with Gasteiger partial charge >= 0.3 is 5.97 Å². The molecule has 1 aromatic carbocycles. The van der Waals surface area contributed by atoms with Gasteiger partial charge in [0, 0.05) is 12.4 Å². The molecule has 0 radical (unpaired) electrons. The number of imide groups is 1. The van der Waals surface area contributed by atoms with Gasteiger partial charge in [0.25, 0.3) is 5.91 Å². The number of carbonyl (C=O) groups excluding carboxylic acids is 3. The highest BCUT2D eigenvalue weighted by atomic mass is 16.5. The van der Waals surface area contributed by atoms with Crippen molar-refractivity contribution in [2.24, 2.45) is 0 Å². The molecule has 2 saturated heterocycles. The Morgan fingerprint density at radius 1 is 1.13 bits per heavy atom. The number of aromatic nitrogens is 2. The van der Waals surface area contributed by atoms with Crippen LogP contribution in [-0.2, 0) is 14.3 Å². The van der Waals surface area contributed by atoms with E-state index in [1.165, 1.54) is 4.90 Å². The Balaban J connectivity index is 1.41. The topological polar surface area (TPSA) is 97.1 Å². The SMILES string of the molecule is CCOC(=O)c1ccc(N2C(=O)C[C@@H]([NH+]3CCN(c4ncccn4)CC3)C2=O)cc1. The number of rotatable bonds is 5. The van der Waals surface area contributed by atoms with E-state index in [9.17, 15) is 14.4 Å². The summed E-state index contributed by atoms with van der Waals surface area (Å²) in [7, 11) is 0. The molecular weight excluding hydrogens is 386 g/mol. The summed E-state index contributed by atoms with van der Waals surface area (Å²) < 4.78 is 4.97. The van der Waals surface area contributed by atoms with E-state index in [4.69, 9.17) is 4.74 Å². The number of hydrogen-bond acceptors (Lipinski definition) is 7. The zero-order chi connectivity index (χ0) is 21.1. The first-order valence-corrected chi connectivity index (χ1v) is 10.1. The Labute approximate surface area is 174 Å². The lowest BCUT2D eigenvalue weighted by molar-refractivity contribution is -0.915. The second-order valence-electron chi connectivity index (χ2n) is 7.29. The van der Waals surface area contributed by atoms with Crippen molar-refractivity contribution in [1.29, 1.82) is 0 Å². The molecule has 30 heavy (non-hydrogen) atoms. The van der Waals surface area contributed by atoms with E-state index in [1.807, 2.05) is 0 Å². The quantitative estimate of drug-likeness (QED) is 0.534. The highest BCUT2D eigenvalue weighted by molar-refractivity contribution is 6.22. The normalized spacial score (nSPS) is 20.0. The van der Waals surface area contributed by atoms with Crippen LogP contribution < -0.4 is 14.7 Å². The van der Waals surface area contributed by atoms with E-state index in [0.717, 1.165) is 31.1 Å². The van der Waals surface area contributed by atoms with E-state index in [1.54, 1.807) is 49.6 Å². The monoisotopic (exact) mass is 410 g/mol. The van der Waals surface area contributed by atoms with Crippen LogP contribution in [0.3, 0.4) is 0 Å². The van der Waals surface area contributed by atoms with Gasteiger partial charge in [-0.3, -0.25) is 9.59 Å². The lowest BCUT2D eigenvalue weighted by Gasteiger charge is -2.34. The molecule has 0 bridgehead atoms. The number of quaternary nitrogens is 1. The third-order valence-electron chi connectivity index (χ3n) is 5.52. The molecule has 1 N–H and O–H groups in total. The molecule has 1 atom stereocenters. The zero-order valence-electron chi connectivity index (χ0n) is 16.8.